The smallest absolute Gasteiger partial charge is 0.263 e. The summed E-state index contributed by atoms with van der Waals surface area (Å²) in [6.45, 7) is 10.5. The third-order valence-corrected chi connectivity index (χ3v) is 6.92. The fourth-order valence-electron chi connectivity index (χ4n) is 3.86. The molecule has 0 atom stereocenters. The molecule has 1 aromatic carbocycles. The molecule has 2 aliphatic heterocycles. The van der Waals surface area contributed by atoms with Gasteiger partial charge in [0.1, 0.15) is 0 Å². The highest BCUT2D eigenvalue weighted by Gasteiger charge is 2.21. The van der Waals surface area contributed by atoms with E-state index >= 15 is 0 Å². The standard InChI is InChI=1S/C26H33N5OS/c1-26(2,3)20-8-6-9-21(17-20)30-25-28-12-5-4-10-22-19(18-29-25)16-23(33-22)24(32)31-14-7-11-27-13-15-31/h4,6,8-10,12,16-17,27H,5,7,11,13-15,18H2,1-3H3,(H,29,30)/b10-4-,28-12?. The lowest BCUT2D eigenvalue weighted by atomic mass is 9.87. The van der Waals surface area contributed by atoms with Crippen molar-refractivity contribution in [1.29, 1.82) is 0 Å². The Hall–Kier alpha value is -2.77. The number of guanidine groups is 1. The third kappa shape index (κ3) is 6.18. The van der Waals surface area contributed by atoms with E-state index in [2.05, 4.69) is 66.7 Å². The van der Waals surface area contributed by atoms with Gasteiger partial charge < -0.3 is 15.5 Å². The van der Waals surface area contributed by atoms with E-state index in [4.69, 9.17) is 4.99 Å². The Morgan fingerprint density at radius 1 is 1.18 bits per heavy atom. The van der Waals surface area contributed by atoms with Crippen LogP contribution < -0.4 is 10.6 Å². The Balaban J connectivity index is 1.54. The lowest BCUT2D eigenvalue weighted by Crippen LogP contribution is -2.33. The van der Waals surface area contributed by atoms with Gasteiger partial charge in [-0.3, -0.25) is 4.79 Å². The number of allylic oxidation sites excluding steroid dienone is 1. The molecule has 0 aliphatic carbocycles. The highest BCUT2D eigenvalue weighted by Crippen LogP contribution is 2.28. The maximum atomic E-state index is 13.1. The van der Waals surface area contributed by atoms with E-state index in [9.17, 15) is 4.79 Å². The number of rotatable bonds is 2. The van der Waals surface area contributed by atoms with Gasteiger partial charge in [-0.1, -0.05) is 39.0 Å². The van der Waals surface area contributed by atoms with Crippen molar-refractivity contribution in [2.24, 2.45) is 9.98 Å². The largest absolute Gasteiger partial charge is 0.337 e. The van der Waals surface area contributed by atoms with Gasteiger partial charge in [0.2, 0.25) is 5.96 Å². The zero-order valence-corrected chi connectivity index (χ0v) is 20.5. The highest BCUT2D eigenvalue weighted by atomic mass is 32.1. The van der Waals surface area contributed by atoms with Crippen molar-refractivity contribution in [3.05, 3.63) is 57.3 Å². The fourth-order valence-corrected chi connectivity index (χ4v) is 4.93. The monoisotopic (exact) mass is 463 g/mol. The van der Waals surface area contributed by atoms with Crippen molar-refractivity contribution in [3.63, 3.8) is 0 Å². The average molecular weight is 464 g/mol. The molecule has 0 radical (unpaired) electrons. The Labute approximate surface area is 200 Å². The number of nitrogens with zero attached hydrogens (tertiary/aromatic N) is 3. The number of thiophene rings is 1. The fraction of sp³-hybridized carbons (Fsp3) is 0.423. The Bertz CT molecular complexity index is 1070. The van der Waals surface area contributed by atoms with E-state index < -0.39 is 0 Å². The Kier molecular flexibility index (Phi) is 7.40. The molecule has 7 heteroatoms. The summed E-state index contributed by atoms with van der Waals surface area (Å²) in [6.07, 6.45) is 7.75. The zero-order valence-electron chi connectivity index (χ0n) is 19.7. The predicted octanol–water partition coefficient (Wildman–Crippen LogP) is 4.94. The first-order chi connectivity index (χ1) is 15.9. The first kappa shape index (κ1) is 23.4. The molecule has 2 aliphatic rings. The zero-order chi connectivity index (χ0) is 23.3. The summed E-state index contributed by atoms with van der Waals surface area (Å²) in [5.74, 6) is 0.706. The first-order valence-corrected chi connectivity index (χ1v) is 12.5. The van der Waals surface area contributed by atoms with Crippen molar-refractivity contribution >= 4 is 41.2 Å². The maximum absolute atomic E-state index is 13.1. The molecule has 1 aromatic heterocycles. The van der Waals surface area contributed by atoms with Gasteiger partial charge in [-0.2, -0.15) is 0 Å². The lowest BCUT2D eigenvalue weighted by molar-refractivity contribution is 0.0771. The van der Waals surface area contributed by atoms with E-state index in [-0.39, 0.29) is 11.3 Å². The molecule has 1 fully saturated rings. The van der Waals surface area contributed by atoms with Crippen LogP contribution in [0.3, 0.4) is 0 Å². The summed E-state index contributed by atoms with van der Waals surface area (Å²) >= 11 is 1.56. The molecule has 0 spiro atoms. The van der Waals surface area contributed by atoms with Gasteiger partial charge in [0, 0.05) is 42.8 Å². The van der Waals surface area contributed by atoms with Gasteiger partial charge in [-0.15, -0.1) is 11.3 Å². The van der Waals surface area contributed by atoms with Crippen LogP contribution in [-0.4, -0.2) is 49.2 Å². The summed E-state index contributed by atoms with van der Waals surface area (Å²) in [4.78, 5) is 26.3. The van der Waals surface area contributed by atoms with Crippen LogP contribution in [0.4, 0.5) is 5.69 Å². The van der Waals surface area contributed by atoms with E-state index in [0.717, 1.165) is 53.6 Å². The van der Waals surface area contributed by atoms with E-state index in [1.54, 1.807) is 11.3 Å². The van der Waals surface area contributed by atoms with E-state index in [1.807, 2.05) is 23.2 Å². The van der Waals surface area contributed by atoms with Crippen LogP contribution in [0, 0.1) is 0 Å². The van der Waals surface area contributed by atoms with Crippen LogP contribution in [0.15, 0.2) is 46.4 Å². The van der Waals surface area contributed by atoms with Gasteiger partial charge in [0.15, 0.2) is 0 Å². The second-order valence-corrected chi connectivity index (χ2v) is 10.5. The summed E-state index contributed by atoms with van der Waals surface area (Å²) in [5.41, 5.74) is 3.36. The molecule has 0 unspecified atom stereocenters. The second-order valence-electron chi connectivity index (χ2n) is 9.44. The quantitative estimate of drug-likeness (QED) is 0.663. The minimum atomic E-state index is 0.0713. The number of benzene rings is 1. The molecule has 0 saturated carbocycles. The molecular weight excluding hydrogens is 430 g/mol. The number of anilines is 1. The highest BCUT2D eigenvalue weighted by molar-refractivity contribution is 7.15. The van der Waals surface area contributed by atoms with Gasteiger partial charge in [0.05, 0.1) is 11.4 Å². The van der Waals surface area contributed by atoms with Crippen LogP contribution in [0.2, 0.25) is 0 Å². The number of aliphatic imine (C=N–C) groups is 2. The Morgan fingerprint density at radius 2 is 2.06 bits per heavy atom. The molecule has 4 rings (SSSR count). The van der Waals surface area contributed by atoms with Crippen molar-refractivity contribution in [1.82, 2.24) is 10.2 Å². The Morgan fingerprint density at radius 3 is 2.91 bits per heavy atom. The first-order valence-electron chi connectivity index (χ1n) is 11.6. The summed E-state index contributed by atoms with van der Waals surface area (Å²) in [6, 6.07) is 10.4. The number of fused-ring (bicyclic) bond motifs is 1. The predicted molar refractivity (Wildman–Crippen MR) is 140 cm³/mol. The molecule has 1 saturated heterocycles. The van der Waals surface area contributed by atoms with Gasteiger partial charge >= 0.3 is 0 Å². The molecule has 6 nitrogen and oxygen atoms in total. The van der Waals surface area contributed by atoms with Crippen LogP contribution in [-0.2, 0) is 12.0 Å². The molecule has 33 heavy (non-hydrogen) atoms. The van der Waals surface area contributed by atoms with Crippen molar-refractivity contribution in [2.45, 2.75) is 45.6 Å². The van der Waals surface area contributed by atoms with Crippen molar-refractivity contribution in [2.75, 3.05) is 31.5 Å². The van der Waals surface area contributed by atoms with Crippen LogP contribution >= 0.6 is 11.3 Å². The summed E-state index contributed by atoms with van der Waals surface area (Å²) in [7, 11) is 0. The average Bonchev–Trinajstić information content (AvgIpc) is 3.00. The van der Waals surface area contributed by atoms with Gasteiger partial charge in [0.25, 0.3) is 5.91 Å². The van der Waals surface area contributed by atoms with Gasteiger partial charge in [-0.25, -0.2) is 9.98 Å². The molecule has 3 heterocycles. The number of hydrogen-bond donors (Lipinski definition) is 2. The molecule has 2 aromatic rings. The van der Waals surface area contributed by atoms with Crippen LogP contribution in [0.5, 0.6) is 0 Å². The van der Waals surface area contributed by atoms with E-state index in [1.165, 1.54) is 5.56 Å². The minimum absolute atomic E-state index is 0.0713. The number of hydrogen-bond acceptors (Lipinski definition) is 6. The topological polar surface area (TPSA) is 69.1 Å². The van der Waals surface area contributed by atoms with Crippen LogP contribution in [0.1, 0.15) is 59.3 Å². The number of amides is 1. The lowest BCUT2D eigenvalue weighted by Gasteiger charge is -2.20. The number of carbonyl (C=O) groups excluding carboxylic acids is 1. The molecule has 2 N–H and O–H groups in total. The van der Waals surface area contributed by atoms with Crippen molar-refractivity contribution < 1.29 is 4.79 Å². The van der Waals surface area contributed by atoms with Gasteiger partial charge in [-0.05, 0) is 53.8 Å². The van der Waals surface area contributed by atoms with Crippen LogP contribution in [0.25, 0.3) is 6.08 Å². The summed E-state index contributed by atoms with van der Waals surface area (Å²) < 4.78 is 0. The second kappa shape index (κ2) is 10.4. The van der Waals surface area contributed by atoms with Crippen molar-refractivity contribution in [3.8, 4) is 0 Å². The molecule has 174 valence electrons. The SMILES string of the molecule is CC(C)(C)c1cccc(NC2=NCc3cc(C(=O)N4CCCNCC4)sc3/C=C\CC=N2)c1. The molecule has 1 amide bonds. The number of carbonyl (C=O) groups is 1. The minimum Gasteiger partial charge on any atom is -0.337 e. The van der Waals surface area contributed by atoms with E-state index in [0.29, 0.717) is 18.9 Å². The maximum Gasteiger partial charge on any atom is 0.263 e. The number of nitrogens with one attached hydrogen (secondary N) is 2. The molecule has 0 bridgehead atoms. The molecular formula is C26H33N5OS. The normalized spacial score (nSPS) is 18.2. The summed E-state index contributed by atoms with van der Waals surface area (Å²) in [5, 5.41) is 6.74. The third-order valence-electron chi connectivity index (χ3n) is 5.79.